The van der Waals surface area contributed by atoms with E-state index in [0.717, 1.165) is 5.56 Å². The average molecular weight is 249 g/mol. The van der Waals surface area contributed by atoms with Crippen molar-refractivity contribution in [3.63, 3.8) is 0 Å². The SMILES string of the molecule is CCOC(=O)C(c1ccc(C)c(C)c1C)N(C)C. The Bertz CT molecular complexity index is 438. The highest BCUT2D eigenvalue weighted by Gasteiger charge is 2.26. The predicted molar refractivity (Wildman–Crippen MR) is 73.7 cm³/mol. The number of aryl methyl sites for hydroxylation is 1. The van der Waals surface area contributed by atoms with Gasteiger partial charge in [0.15, 0.2) is 0 Å². The molecule has 0 radical (unpaired) electrons. The van der Waals surface area contributed by atoms with Crippen molar-refractivity contribution in [2.45, 2.75) is 33.7 Å². The lowest BCUT2D eigenvalue weighted by Gasteiger charge is -2.25. The maximum atomic E-state index is 12.1. The van der Waals surface area contributed by atoms with Crippen molar-refractivity contribution in [1.29, 1.82) is 0 Å². The van der Waals surface area contributed by atoms with Crippen molar-refractivity contribution < 1.29 is 9.53 Å². The number of ether oxygens (including phenoxy) is 1. The Labute approximate surface area is 110 Å². The standard InChI is InChI=1S/C15H23NO2/c1-7-18-15(17)14(16(5)6)13-9-8-10(2)11(3)12(13)4/h8-9,14H,7H2,1-6H3. The molecule has 0 bridgehead atoms. The normalized spacial score (nSPS) is 12.6. The van der Waals surface area contributed by atoms with E-state index in [9.17, 15) is 4.79 Å². The van der Waals surface area contributed by atoms with Crippen LogP contribution >= 0.6 is 0 Å². The van der Waals surface area contributed by atoms with Gasteiger partial charge in [-0.2, -0.15) is 0 Å². The molecule has 1 atom stereocenters. The molecule has 3 nitrogen and oxygen atoms in total. The van der Waals surface area contributed by atoms with Crippen molar-refractivity contribution >= 4 is 5.97 Å². The van der Waals surface area contributed by atoms with Crippen LogP contribution in [0.5, 0.6) is 0 Å². The Kier molecular flexibility index (Phi) is 4.91. The zero-order valence-corrected chi connectivity index (χ0v) is 12.2. The van der Waals surface area contributed by atoms with E-state index in [1.807, 2.05) is 32.0 Å². The molecular formula is C15H23NO2. The molecule has 0 saturated heterocycles. The Balaban J connectivity index is 3.23. The van der Waals surface area contributed by atoms with E-state index >= 15 is 0 Å². The van der Waals surface area contributed by atoms with Gasteiger partial charge in [-0.25, -0.2) is 4.79 Å². The highest BCUT2D eigenvalue weighted by atomic mass is 16.5. The summed E-state index contributed by atoms with van der Waals surface area (Å²) in [5.74, 6) is -0.186. The molecule has 18 heavy (non-hydrogen) atoms. The summed E-state index contributed by atoms with van der Waals surface area (Å²) in [7, 11) is 3.80. The molecule has 0 aliphatic rings. The molecule has 0 fully saturated rings. The molecule has 100 valence electrons. The molecule has 0 heterocycles. The van der Waals surface area contributed by atoms with E-state index in [-0.39, 0.29) is 12.0 Å². The number of carbonyl (C=O) groups excluding carboxylic acids is 1. The van der Waals surface area contributed by atoms with Crippen molar-refractivity contribution in [1.82, 2.24) is 4.90 Å². The van der Waals surface area contributed by atoms with Crippen LogP contribution in [0.25, 0.3) is 0 Å². The topological polar surface area (TPSA) is 29.5 Å². The number of benzene rings is 1. The lowest BCUT2D eigenvalue weighted by Crippen LogP contribution is -2.30. The molecule has 1 aromatic rings. The largest absolute Gasteiger partial charge is 0.465 e. The molecule has 1 unspecified atom stereocenters. The molecule has 1 rings (SSSR count). The Morgan fingerprint density at radius 2 is 1.83 bits per heavy atom. The Morgan fingerprint density at radius 3 is 2.33 bits per heavy atom. The van der Waals surface area contributed by atoms with Crippen LogP contribution in [0.2, 0.25) is 0 Å². The van der Waals surface area contributed by atoms with Crippen molar-refractivity contribution in [2.75, 3.05) is 20.7 Å². The zero-order chi connectivity index (χ0) is 13.9. The summed E-state index contributed by atoms with van der Waals surface area (Å²) in [5, 5.41) is 0. The lowest BCUT2D eigenvalue weighted by atomic mass is 9.94. The first kappa shape index (κ1) is 14.7. The zero-order valence-electron chi connectivity index (χ0n) is 12.2. The predicted octanol–water partition coefficient (Wildman–Crippen LogP) is 2.78. The molecule has 0 amide bonds. The number of rotatable bonds is 4. The third-order valence-corrected chi connectivity index (χ3v) is 3.42. The number of nitrogens with zero attached hydrogens (tertiary/aromatic N) is 1. The van der Waals surface area contributed by atoms with E-state index in [2.05, 4.69) is 26.8 Å². The van der Waals surface area contributed by atoms with Gasteiger partial charge in [0.1, 0.15) is 6.04 Å². The van der Waals surface area contributed by atoms with Gasteiger partial charge in [0.25, 0.3) is 0 Å². The third-order valence-electron chi connectivity index (χ3n) is 3.42. The number of esters is 1. The lowest BCUT2D eigenvalue weighted by molar-refractivity contribution is -0.148. The number of likely N-dealkylation sites (N-methyl/N-ethyl adjacent to an activating group) is 1. The second-order valence-electron chi connectivity index (χ2n) is 4.84. The van der Waals surface area contributed by atoms with Crippen LogP contribution in [-0.4, -0.2) is 31.6 Å². The fourth-order valence-electron chi connectivity index (χ4n) is 2.11. The minimum atomic E-state index is -0.329. The van der Waals surface area contributed by atoms with E-state index in [0.29, 0.717) is 6.61 Å². The quantitative estimate of drug-likeness (QED) is 0.768. The Hall–Kier alpha value is -1.35. The van der Waals surface area contributed by atoms with E-state index in [4.69, 9.17) is 4.74 Å². The van der Waals surface area contributed by atoms with Crippen LogP contribution in [0, 0.1) is 20.8 Å². The molecule has 0 saturated carbocycles. The summed E-state index contributed by atoms with van der Waals surface area (Å²) in [6, 6.07) is 3.76. The molecule has 0 aliphatic heterocycles. The second kappa shape index (κ2) is 6.01. The first-order chi connectivity index (χ1) is 8.40. The summed E-state index contributed by atoms with van der Waals surface area (Å²) in [5.41, 5.74) is 4.68. The monoisotopic (exact) mass is 249 g/mol. The number of hydrogen-bond donors (Lipinski definition) is 0. The third kappa shape index (κ3) is 2.91. The van der Waals surface area contributed by atoms with Gasteiger partial charge >= 0.3 is 5.97 Å². The summed E-state index contributed by atoms with van der Waals surface area (Å²) in [4.78, 5) is 14.0. The Morgan fingerprint density at radius 1 is 1.22 bits per heavy atom. The van der Waals surface area contributed by atoms with Gasteiger partial charge in [0.2, 0.25) is 0 Å². The molecule has 0 aromatic heterocycles. The fraction of sp³-hybridized carbons (Fsp3) is 0.533. The highest BCUT2D eigenvalue weighted by Crippen LogP contribution is 2.27. The summed E-state index contributed by atoms with van der Waals surface area (Å²) < 4.78 is 5.16. The minimum absolute atomic E-state index is 0.186. The van der Waals surface area contributed by atoms with Crippen LogP contribution in [0.1, 0.15) is 35.2 Å². The molecule has 1 aromatic carbocycles. The molecule has 0 N–H and O–H groups in total. The van der Waals surface area contributed by atoms with Crippen LogP contribution in [0.4, 0.5) is 0 Å². The van der Waals surface area contributed by atoms with E-state index in [1.165, 1.54) is 16.7 Å². The van der Waals surface area contributed by atoms with Crippen molar-refractivity contribution in [3.05, 3.63) is 34.4 Å². The van der Waals surface area contributed by atoms with Gasteiger partial charge in [0, 0.05) is 0 Å². The van der Waals surface area contributed by atoms with Gasteiger partial charge < -0.3 is 4.74 Å². The first-order valence-electron chi connectivity index (χ1n) is 6.29. The van der Waals surface area contributed by atoms with Crippen molar-refractivity contribution in [2.24, 2.45) is 0 Å². The maximum Gasteiger partial charge on any atom is 0.327 e. The van der Waals surface area contributed by atoms with Crippen LogP contribution < -0.4 is 0 Å². The summed E-state index contributed by atoms with van der Waals surface area (Å²) in [6.45, 7) is 8.48. The van der Waals surface area contributed by atoms with Gasteiger partial charge in [-0.05, 0) is 64.0 Å². The van der Waals surface area contributed by atoms with Gasteiger partial charge in [0.05, 0.1) is 6.61 Å². The van der Waals surface area contributed by atoms with Gasteiger partial charge in [-0.15, -0.1) is 0 Å². The molecule has 3 heteroatoms. The second-order valence-corrected chi connectivity index (χ2v) is 4.84. The molecule has 0 spiro atoms. The van der Waals surface area contributed by atoms with E-state index in [1.54, 1.807) is 0 Å². The highest BCUT2D eigenvalue weighted by molar-refractivity contribution is 5.78. The molecule has 0 aliphatic carbocycles. The minimum Gasteiger partial charge on any atom is -0.465 e. The summed E-state index contributed by atoms with van der Waals surface area (Å²) >= 11 is 0. The summed E-state index contributed by atoms with van der Waals surface area (Å²) in [6.07, 6.45) is 0. The van der Waals surface area contributed by atoms with E-state index < -0.39 is 0 Å². The number of carbonyl (C=O) groups is 1. The maximum absolute atomic E-state index is 12.1. The fourth-order valence-corrected chi connectivity index (χ4v) is 2.11. The molecular weight excluding hydrogens is 226 g/mol. The van der Waals surface area contributed by atoms with Gasteiger partial charge in [-0.3, -0.25) is 4.90 Å². The smallest absolute Gasteiger partial charge is 0.327 e. The van der Waals surface area contributed by atoms with Crippen molar-refractivity contribution in [3.8, 4) is 0 Å². The first-order valence-corrected chi connectivity index (χ1v) is 6.29. The van der Waals surface area contributed by atoms with Crippen LogP contribution in [0.15, 0.2) is 12.1 Å². The van der Waals surface area contributed by atoms with Crippen LogP contribution in [0.3, 0.4) is 0 Å². The van der Waals surface area contributed by atoms with Gasteiger partial charge in [-0.1, -0.05) is 12.1 Å². The average Bonchev–Trinajstić information content (AvgIpc) is 2.29. The van der Waals surface area contributed by atoms with Crippen LogP contribution in [-0.2, 0) is 9.53 Å². The number of hydrogen-bond acceptors (Lipinski definition) is 3.